The van der Waals surface area contributed by atoms with Gasteiger partial charge in [-0.25, -0.2) is 9.69 Å². The molecular formula is C49H40N4O13. The second-order valence-electron chi connectivity index (χ2n) is 15.7. The first-order valence-electron chi connectivity index (χ1n) is 20.5. The Morgan fingerprint density at radius 1 is 0.833 bits per heavy atom. The highest BCUT2D eigenvalue weighted by Crippen LogP contribution is 2.65. The number of hydrogen-bond acceptors (Lipinski definition) is 14. The van der Waals surface area contributed by atoms with Gasteiger partial charge in [0.15, 0.2) is 5.92 Å². The first-order valence-corrected chi connectivity index (χ1v) is 20.5. The molecule has 3 aliphatic rings. The maximum Gasteiger partial charge on any atom is 0.421 e. The Bertz CT molecular complexity index is 2790. The number of methoxy groups -OCH3 is 2. The Hall–Kier alpha value is -8.36. The van der Waals surface area contributed by atoms with Gasteiger partial charge in [0.1, 0.15) is 29.9 Å². The first kappa shape index (κ1) is 44.3. The molecule has 2 fully saturated rings. The van der Waals surface area contributed by atoms with E-state index in [1.54, 1.807) is 65.6 Å². The number of nitrogens with zero attached hydrogens (tertiary/aromatic N) is 3. The number of rotatable bonds is 10. The van der Waals surface area contributed by atoms with E-state index in [0.717, 1.165) is 19.1 Å². The molecule has 6 unspecified atom stereocenters. The van der Waals surface area contributed by atoms with E-state index in [-0.39, 0.29) is 34.7 Å². The number of benzene rings is 5. The number of carbonyl (C=O) groups excluding carboxylic acids is 6. The number of phenols is 1. The number of imide groups is 1. The number of fused-ring (bicyclic) bond motifs is 3. The highest BCUT2D eigenvalue weighted by Gasteiger charge is 2.75. The number of non-ortho nitro benzene ring substituents is 1. The van der Waals surface area contributed by atoms with E-state index >= 15 is 4.79 Å². The summed E-state index contributed by atoms with van der Waals surface area (Å²) >= 11 is 0. The lowest BCUT2D eigenvalue weighted by atomic mass is 9.65. The van der Waals surface area contributed by atoms with Gasteiger partial charge in [0.25, 0.3) is 5.69 Å². The van der Waals surface area contributed by atoms with Crippen molar-refractivity contribution in [3.8, 4) is 17.6 Å². The van der Waals surface area contributed by atoms with Crippen LogP contribution < -0.4 is 10.6 Å². The predicted molar refractivity (Wildman–Crippen MR) is 232 cm³/mol. The Morgan fingerprint density at radius 2 is 1.45 bits per heavy atom. The van der Waals surface area contributed by atoms with E-state index in [4.69, 9.17) is 24.7 Å². The molecule has 0 aliphatic carbocycles. The van der Waals surface area contributed by atoms with Gasteiger partial charge in [-0.1, -0.05) is 84.6 Å². The van der Waals surface area contributed by atoms with Crippen LogP contribution in [0.3, 0.4) is 0 Å². The number of amides is 3. The molecule has 3 heterocycles. The van der Waals surface area contributed by atoms with Gasteiger partial charge >= 0.3 is 24.0 Å². The average Bonchev–Trinajstić information content (AvgIpc) is 3.79. The summed E-state index contributed by atoms with van der Waals surface area (Å²) in [5.74, 6) is -2.24. The zero-order valence-electron chi connectivity index (χ0n) is 35.3. The summed E-state index contributed by atoms with van der Waals surface area (Å²) in [4.78, 5) is 97.9. The maximum absolute atomic E-state index is 16.0. The summed E-state index contributed by atoms with van der Waals surface area (Å²) in [5, 5.41) is 21.9. The highest BCUT2D eigenvalue weighted by molar-refractivity contribution is 6.23. The summed E-state index contributed by atoms with van der Waals surface area (Å²) in [5.41, 5.74) is 6.13. The molecule has 0 aromatic heterocycles. The normalized spacial score (nSPS) is 21.8. The van der Waals surface area contributed by atoms with Gasteiger partial charge in [0, 0.05) is 24.1 Å². The van der Waals surface area contributed by atoms with Gasteiger partial charge in [-0.3, -0.25) is 39.0 Å². The van der Waals surface area contributed by atoms with E-state index in [9.17, 15) is 39.2 Å². The van der Waals surface area contributed by atoms with Crippen LogP contribution in [0.4, 0.5) is 16.2 Å². The molecule has 3 aliphatic heterocycles. The average molecular weight is 893 g/mol. The number of esters is 3. The third kappa shape index (κ3) is 7.62. The Labute approximate surface area is 376 Å². The van der Waals surface area contributed by atoms with Crippen LogP contribution in [0.2, 0.25) is 0 Å². The van der Waals surface area contributed by atoms with Crippen molar-refractivity contribution in [2.75, 3.05) is 19.1 Å². The van der Waals surface area contributed by atoms with Crippen LogP contribution in [0.15, 0.2) is 127 Å². The van der Waals surface area contributed by atoms with Gasteiger partial charge in [0.05, 0.1) is 42.8 Å². The lowest BCUT2D eigenvalue weighted by Gasteiger charge is -2.46. The van der Waals surface area contributed by atoms with Crippen molar-refractivity contribution in [3.05, 3.63) is 171 Å². The zero-order chi connectivity index (χ0) is 46.9. The predicted octanol–water partition coefficient (Wildman–Crippen LogP) is 5.49. The van der Waals surface area contributed by atoms with Crippen molar-refractivity contribution < 1.29 is 57.7 Å². The molecule has 17 nitrogen and oxygen atoms in total. The zero-order valence-corrected chi connectivity index (χ0v) is 35.3. The number of hydrogen-bond donors (Lipinski definition) is 2. The quantitative estimate of drug-likeness (QED) is 0.0441. The summed E-state index contributed by atoms with van der Waals surface area (Å²) in [6.07, 6.45) is -2.52. The molecule has 6 atom stereocenters. The van der Waals surface area contributed by atoms with Crippen LogP contribution in [0.1, 0.15) is 58.0 Å². The highest BCUT2D eigenvalue weighted by atomic mass is 16.6. The summed E-state index contributed by atoms with van der Waals surface area (Å²) in [7, 11) is 2.22. The van der Waals surface area contributed by atoms with Crippen LogP contribution in [0.25, 0.3) is 0 Å². The van der Waals surface area contributed by atoms with Crippen molar-refractivity contribution in [1.82, 2.24) is 4.90 Å². The monoisotopic (exact) mass is 892 g/mol. The van der Waals surface area contributed by atoms with Crippen molar-refractivity contribution in [3.63, 3.8) is 0 Å². The minimum Gasteiger partial charge on any atom is -0.508 e. The SMILES string of the molecule is COC(=O)C(CC#Cc1ccc2c(c1)C1(C(=O)N2C(=O)OCc2ccc([N+](=O)[O-])cc2)C(C(N)=O)C2C(=O)OC(c3ccccc3)C(c3ccccc3)N2C1c1ccc(O)cc1)C(=O)OC. The van der Waals surface area contributed by atoms with Crippen LogP contribution in [0, 0.1) is 33.8 Å². The number of nitro benzene ring substituents is 1. The molecule has 0 bridgehead atoms. The number of nitrogens with two attached hydrogens (primary N) is 1. The molecule has 8 rings (SSSR count). The number of morpholine rings is 1. The molecule has 5 aromatic carbocycles. The third-order valence-electron chi connectivity index (χ3n) is 12.2. The summed E-state index contributed by atoms with van der Waals surface area (Å²) in [6, 6.07) is 29.7. The van der Waals surface area contributed by atoms with E-state index in [2.05, 4.69) is 11.8 Å². The third-order valence-corrected chi connectivity index (χ3v) is 12.2. The van der Waals surface area contributed by atoms with Crippen molar-refractivity contribution in [2.24, 2.45) is 17.6 Å². The number of cyclic esters (lactones) is 1. The number of ether oxygens (including phenoxy) is 4. The number of aromatic hydroxyl groups is 1. The minimum atomic E-state index is -2.23. The number of nitro groups is 1. The molecule has 3 amide bonds. The standard InChI is InChI=1S/C49H40N4O13/c1-63-44(56)35(45(57)64-2)15-9-10-28-18-25-37-36(26-28)49(47(59)51(37)48(60)65-27-29-16-21-33(22-17-29)53(61)62)38(43(50)55)40-46(58)66-41(31-13-7-4-8-14-31)39(30-11-5-3-6-12-30)52(40)42(49)32-19-23-34(54)24-20-32/h3-8,11-14,16-26,35,38-42,54H,15,27H2,1-2H3,(H2,50,55). The molecule has 0 radical (unpaired) electrons. The van der Waals surface area contributed by atoms with Gasteiger partial charge in [-0.05, 0) is 70.3 Å². The fourth-order valence-corrected chi connectivity index (χ4v) is 9.38. The second-order valence-corrected chi connectivity index (χ2v) is 15.7. The first-order chi connectivity index (χ1) is 31.8. The molecule has 334 valence electrons. The fraction of sp³-hybridized carbons (Fsp3) is 0.224. The molecule has 0 saturated carbocycles. The number of primary amides is 1. The van der Waals surface area contributed by atoms with Crippen molar-refractivity contribution in [2.45, 2.75) is 42.7 Å². The summed E-state index contributed by atoms with van der Waals surface area (Å²) < 4.78 is 21.6. The topological polar surface area (TPSA) is 235 Å². The Balaban J connectivity index is 1.36. The largest absolute Gasteiger partial charge is 0.508 e. The van der Waals surface area contributed by atoms with E-state index in [1.165, 1.54) is 54.6 Å². The number of anilines is 1. The minimum absolute atomic E-state index is 0.0413. The molecule has 5 aromatic rings. The lowest BCUT2D eigenvalue weighted by Crippen LogP contribution is -2.55. The fourth-order valence-electron chi connectivity index (χ4n) is 9.38. The van der Waals surface area contributed by atoms with Crippen molar-refractivity contribution in [1.29, 1.82) is 0 Å². The van der Waals surface area contributed by atoms with Gasteiger partial charge < -0.3 is 29.8 Å². The molecule has 1 spiro atoms. The molecule has 2 saturated heterocycles. The van der Waals surface area contributed by atoms with Gasteiger partial charge in [-0.15, -0.1) is 0 Å². The number of carbonyl (C=O) groups is 6. The Morgan fingerprint density at radius 3 is 2.05 bits per heavy atom. The molecule has 3 N–H and O–H groups in total. The van der Waals surface area contributed by atoms with Crippen molar-refractivity contribution >= 4 is 47.2 Å². The van der Waals surface area contributed by atoms with E-state index < -0.39 is 88.8 Å². The van der Waals surface area contributed by atoms with E-state index in [0.29, 0.717) is 22.3 Å². The van der Waals surface area contributed by atoms with Gasteiger partial charge in [-0.2, -0.15) is 0 Å². The Kier molecular flexibility index (Phi) is 12.1. The molecular weight excluding hydrogens is 853 g/mol. The van der Waals surface area contributed by atoms with E-state index in [1.807, 2.05) is 12.1 Å². The van der Waals surface area contributed by atoms with Crippen LogP contribution >= 0.6 is 0 Å². The van der Waals surface area contributed by atoms with Gasteiger partial charge in [0.2, 0.25) is 11.8 Å². The molecule has 66 heavy (non-hydrogen) atoms. The van der Waals surface area contributed by atoms with Crippen LogP contribution in [-0.2, 0) is 54.9 Å². The lowest BCUT2D eigenvalue weighted by molar-refractivity contribution is -0.384. The number of phenolic OH excluding ortho intramolecular Hbond substituents is 1. The maximum atomic E-state index is 16.0. The van der Waals surface area contributed by atoms with Crippen LogP contribution in [-0.4, -0.2) is 71.0 Å². The second kappa shape index (κ2) is 18.0. The summed E-state index contributed by atoms with van der Waals surface area (Å²) in [6.45, 7) is -0.426. The smallest absolute Gasteiger partial charge is 0.421 e. The van der Waals surface area contributed by atoms with Crippen LogP contribution in [0.5, 0.6) is 5.75 Å². The molecule has 17 heteroatoms.